The summed E-state index contributed by atoms with van der Waals surface area (Å²) >= 11 is 7.67. The maximum absolute atomic E-state index is 12.8. The average molecular weight is 431 g/mol. The van der Waals surface area contributed by atoms with Crippen LogP contribution in [0.15, 0.2) is 47.5 Å². The summed E-state index contributed by atoms with van der Waals surface area (Å²) in [6.45, 7) is 8.32. The summed E-state index contributed by atoms with van der Waals surface area (Å²) in [5.74, 6) is -0.777. The monoisotopic (exact) mass is 430 g/mol. The van der Waals surface area contributed by atoms with Gasteiger partial charge in [-0.25, -0.2) is 0 Å². The van der Waals surface area contributed by atoms with Gasteiger partial charge in [-0.3, -0.25) is 9.59 Å². The Kier molecular flexibility index (Phi) is 6.24. The molecule has 29 heavy (non-hydrogen) atoms. The molecule has 0 aliphatic carbocycles. The van der Waals surface area contributed by atoms with E-state index < -0.39 is 5.97 Å². The van der Waals surface area contributed by atoms with Crippen LogP contribution >= 0.6 is 22.9 Å². The first-order valence-corrected chi connectivity index (χ1v) is 10.5. The number of fused-ring (bicyclic) bond motifs is 1. The number of amides is 1. The Morgan fingerprint density at radius 1 is 1.14 bits per heavy atom. The Balaban J connectivity index is 2.06. The number of thiazole rings is 1. The van der Waals surface area contributed by atoms with Gasteiger partial charge in [0.05, 0.1) is 21.8 Å². The molecule has 1 heterocycles. The molecule has 0 fully saturated rings. The van der Waals surface area contributed by atoms with Crippen LogP contribution in [0.2, 0.25) is 5.02 Å². The van der Waals surface area contributed by atoms with Crippen molar-refractivity contribution in [2.45, 2.75) is 39.7 Å². The first kappa shape index (κ1) is 21.3. The highest BCUT2D eigenvalue weighted by molar-refractivity contribution is 7.16. The number of hydrogen-bond acceptors (Lipinski definition) is 4. The maximum Gasteiger partial charge on any atom is 0.326 e. The Morgan fingerprint density at radius 3 is 2.45 bits per heavy atom. The van der Waals surface area contributed by atoms with E-state index >= 15 is 0 Å². The number of ether oxygens (including phenoxy) is 1. The van der Waals surface area contributed by atoms with Crippen LogP contribution in [0.25, 0.3) is 10.2 Å². The quantitative estimate of drug-likeness (QED) is 0.549. The molecule has 2 aromatic carbocycles. The van der Waals surface area contributed by atoms with E-state index in [0.29, 0.717) is 20.9 Å². The minimum atomic E-state index is -0.407. The lowest BCUT2D eigenvalue weighted by atomic mass is 9.87. The van der Waals surface area contributed by atoms with E-state index in [-0.39, 0.29) is 24.5 Å². The molecule has 152 valence electrons. The van der Waals surface area contributed by atoms with Crippen molar-refractivity contribution in [1.82, 2.24) is 4.57 Å². The number of halogens is 1. The highest BCUT2D eigenvalue weighted by Gasteiger charge is 2.16. The standard InChI is InChI=1S/C22H23ClN2O3S/c1-5-28-18(26)13-25-19-16(23)7-6-8-17(19)29-21(25)24-20(27)14-9-11-15(12-10-14)22(2,3)4/h6-12H,5,13H2,1-4H3. The van der Waals surface area contributed by atoms with Gasteiger partial charge in [-0.2, -0.15) is 4.99 Å². The van der Waals surface area contributed by atoms with Crippen LogP contribution in [0.4, 0.5) is 0 Å². The number of para-hydroxylation sites is 1. The van der Waals surface area contributed by atoms with E-state index in [4.69, 9.17) is 16.3 Å². The summed E-state index contributed by atoms with van der Waals surface area (Å²) in [6, 6.07) is 12.9. The van der Waals surface area contributed by atoms with Gasteiger partial charge in [-0.1, -0.05) is 61.9 Å². The second-order valence-corrected chi connectivity index (χ2v) is 9.02. The number of esters is 1. The van der Waals surface area contributed by atoms with Gasteiger partial charge in [0.25, 0.3) is 5.91 Å². The topological polar surface area (TPSA) is 60.7 Å². The fraction of sp³-hybridized carbons (Fsp3) is 0.318. The maximum atomic E-state index is 12.8. The molecule has 3 rings (SSSR count). The predicted octanol–water partition coefficient (Wildman–Crippen LogP) is 4.96. The van der Waals surface area contributed by atoms with Gasteiger partial charge < -0.3 is 9.30 Å². The number of benzene rings is 2. The van der Waals surface area contributed by atoms with Crippen LogP contribution in [0.3, 0.4) is 0 Å². The molecular weight excluding hydrogens is 408 g/mol. The third-order valence-electron chi connectivity index (χ3n) is 4.44. The van der Waals surface area contributed by atoms with Crippen molar-refractivity contribution in [3.8, 4) is 0 Å². The summed E-state index contributed by atoms with van der Waals surface area (Å²) in [6.07, 6.45) is 0. The molecule has 0 saturated heterocycles. The van der Waals surface area contributed by atoms with Crippen LogP contribution in [-0.2, 0) is 21.5 Å². The van der Waals surface area contributed by atoms with Gasteiger partial charge in [0, 0.05) is 5.56 Å². The lowest BCUT2D eigenvalue weighted by molar-refractivity contribution is -0.143. The van der Waals surface area contributed by atoms with Crippen LogP contribution < -0.4 is 4.80 Å². The molecule has 0 atom stereocenters. The number of carbonyl (C=O) groups excluding carboxylic acids is 2. The fourth-order valence-corrected chi connectivity index (χ4v) is 4.31. The largest absolute Gasteiger partial charge is 0.465 e. The smallest absolute Gasteiger partial charge is 0.326 e. The first-order valence-electron chi connectivity index (χ1n) is 9.33. The SMILES string of the molecule is CCOC(=O)Cn1c(=NC(=O)c2ccc(C(C)(C)C)cc2)sc2cccc(Cl)c21. The second kappa shape index (κ2) is 8.51. The van der Waals surface area contributed by atoms with E-state index in [1.54, 1.807) is 29.7 Å². The molecule has 1 aromatic heterocycles. The molecule has 0 spiro atoms. The Hall–Kier alpha value is -2.44. The molecule has 0 N–H and O–H groups in total. The van der Waals surface area contributed by atoms with Crippen LogP contribution in [-0.4, -0.2) is 23.1 Å². The number of carbonyl (C=O) groups is 2. The van der Waals surface area contributed by atoms with Crippen molar-refractivity contribution in [2.24, 2.45) is 4.99 Å². The van der Waals surface area contributed by atoms with E-state index in [0.717, 1.165) is 10.3 Å². The van der Waals surface area contributed by atoms with Crippen molar-refractivity contribution in [3.63, 3.8) is 0 Å². The molecule has 3 aromatic rings. The third-order valence-corrected chi connectivity index (χ3v) is 5.79. The number of nitrogens with zero attached hydrogens (tertiary/aromatic N) is 2. The van der Waals surface area contributed by atoms with Crippen molar-refractivity contribution in [2.75, 3.05) is 6.61 Å². The number of aromatic nitrogens is 1. The molecule has 7 heteroatoms. The van der Waals surface area contributed by atoms with Crippen LogP contribution in [0, 0.1) is 0 Å². The lowest BCUT2D eigenvalue weighted by Crippen LogP contribution is -2.23. The lowest BCUT2D eigenvalue weighted by Gasteiger charge is -2.18. The van der Waals surface area contributed by atoms with Gasteiger partial charge in [-0.05, 0) is 42.2 Å². The Bertz CT molecular complexity index is 1120. The van der Waals surface area contributed by atoms with Gasteiger partial charge in [-0.15, -0.1) is 0 Å². The summed E-state index contributed by atoms with van der Waals surface area (Å²) < 4.78 is 7.55. The molecular formula is C22H23ClN2O3S. The Labute approximate surface area is 178 Å². The molecule has 1 amide bonds. The molecule has 0 unspecified atom stereocenters. The zero-order valence-electron chi connectivity index (χ0n) is 16.9. The average Bonchev–Trinajstić information content (AvgIpc) is 2.99. The van der Waals surface area contributed by atoms with Gasteiger partial charge in [0.2, 0.25) is 0 Å². The third kappa shape index (κ3) is 4.77. The first-order chi connectivity index (χ1) is 13.7. The molecule has 0 aliphatic heterocycles. The summed E-state index contributed by atoms with van der Waals surface area (Å²) in [4.78, 5) is 29.6. The normalized spacial score (nSPS) is 12.4. The van der Waals surface area contributed by atoms with Gasteiger partial charge >= 0.3 is 5.97 Å². The van der Waals surface area contributed by atoms with E-state index in [2.05, 4.69) is 25.8 Å². The molecule has 5 nitrogen and oxygen atoms in total. The van der Waals surface area contributed by atoms with E-state index in [9.17, 15) is 9.59 Å². The zero-order valence-corrected chi connectivity index (χ0v) is 18.4. The summed E-state index contributed by atoms with van der Waals surface area (Å²) in [5, 5.41) is 0.492. The van der Waals surface area contributed by atoms with E-state index in [1.807, 2.05) is 24.3 Å². The van der Waals surface area contributed by atoms with Crippen molar-refractivity contribution < 1.29 is 14.3 Å². The Morgan fingerprint density at radius 2 is 1.83 bits per heavy atom. The van der Waals surface area contributed by atoms with E-state index in [1.165, 1.54) is 11.3 Å². The minimum Gasteiger partial charge on any atom is -0.465 e. The molecule has 0 bridgehead atoms. The second-order valence-electron chi connectivity index (χ2n) is 7.61. The highest BCUT2D eigenvalue weighted by Crippen LogP contribution is 2.26. The van der Waals surface area contributed by atoms with Gasteiger partial charge in [0.1, 0.15) is 6.54 Å². The zero-order chi connectivity index (χ0) is 21.2. The fourth-order valence-electron chi connectivity index (χ4n) is 2.92. The molecule has 0 radical (unpaired) electrons. The summed E-state index contributed by atoms with van der Waals surface area (Å²) in [5.41, 5.74) is 2.30. The van der Waals surface area contributed by atoms with Crippen molar-refractivity contribution in [3.05, 3.63) is 63.4 Å². The molecule has 0 saturated carbocycles. The molecule has 0 aliphatic rings. The number of hydrogen-bond donors (Lipinski definition) is 0. The van der Waals surface area contributed by atoms with Crippen molar-refractivity contribution in [1.29, 1.82) is 0 Å². The van der Waals surface area contributed by atoms with Crippen molar-refractivity contribution >= 4 is 45.0 Å². The summed E-state index contributed by atoms with van der Waals surface area (Å²) in [7, 11) is 0. The predicted molar refractivity (Wildman–Crippen MR) is 116 cm³/mol. The minimum absolute atomic E-state index is 0.00358. The number of rotatable bonds is 4. The van der Waals surface area contributed by atoms with Crippen LogP contribution in [0.5, 0.6) is 0 Å². The highest BCUT2D eigenvalue weighted by atomic mass is 35.5. The van der Waals surface area contributed by atoms with Gasteiger partial charge in [0.15, 0.2) is 4.80 Å². The van der Waals surface area contributed by atoms with Crippen LogP contribution in [0.1, 0.15) is 43.6 Å².